The molecule has 6 heteroatoms. The number of carbonyl (C=O) groups excluding carboxylic acids is 1. The van der Waals surface area contributed by atoms with Gasteiger partial charge >= 0.3 is 11.6 Å². The van der Waals surface area contributed by atoms with Crippen molar-refractivity contribution in [2.24, 2.45) is 0 Å². The summed E-state index contributed by atoms with van der Waals surface area (Å²) in [5, 5.41) is 5.57. The molecule has 0 spiro atoms. The van der Waals surface area contributed by atoms with E-state index in [1.165, 1.54) is 6.07 Å². The molecular weight excluding hydrogens is 494 g/mol. The third kappa shape index (κ3) is 3.81. The van der Waals surface area contributed by atoms with Gasteiger partial charge in [-0.15, -0.1) is 11.3 Å². The first kappa shape index (κ1) is 22.6. The summed E-state index contributed by atoms with van der Waals surface area (Å²) in [5.41, 5.74) is 4.83. The molecule has 7 rings (SSSR count). The van der Waals surface area contributed by atoms with Gasteiger partial charge in [-0.25, -0.2) is 14.6 Å². The fourth-order valence-electron chi connectivity index (χ4n) is 5.41. The molecule has 0 radical (unpaired) electrons. The highest BCUT2D eigenvalue weighted by Crippen LogP contribution is 2.38. The van der Waals surface area contributed by atoms with Crippen molar-refractivity contribution < 1.29 is 13.9 Å². The molecule has 3 aromatic heterocycles. The first-order valence-corrected chi connectivity index (χ1v) is 13.3. The van der Waals surface area contributed by atoms with Crippen molar-refractivity contribution in [2.75, 3.05) is 0 Å². The van der Waals surface area contributed by atoms with E-state index < -0.39 is 11.6 Å². The number of esters is 1. The molecule has 6 aromatic rings. The Bertz CT molecular complexity index is 1970. The summed E-state index contributed by atoms with van der Waals surface area (Å²) in [6.45, 7) is -0.0434. The molecule has 0 N–H and O–H groups in total. The van der Waals surface area contributed by atoms with E-state index in [4.69, 9.17) is 14.1 Å². The number of ether oxygens (including phenoxy) is 1. The number of nitrogens with zero attached hydrogens (tertiary/aromatic N) is 1. The number of hydrogen-bond acceptors (Lipinski definition) is 6. The first-order chi connectivity index (χ1) is 18.7. The topological polar surface area (TPSA) is 69.4 Å². The summed E-state index contributed by atoms with van der Waals surface area (Å²) in [5.74, 6) is -0.418. The minimum Gasteiger partial charge on any atom is -0.457 e. The van der Waals surface area contributed by atoms with E-state index in [0.29, 0.717) is 16.7 Å². The monoisotopic (exact) mass is 515 g/mol. The van der Waals surface area contributed by atoms with Gasteiger partial charge in [-0.1, -0.05) is 54.6 Å². The lowest BCUT2D eigenvalue weighted by Crippen LogP contribution is -2.12. The van der Waals surface area contributed by atoms with Crippen molar-refractivity contribution in [3.63, 3.8) is 0 Å². The molecule has 0 fully saturated rings. The second-order valence-electron chi connectivity index (χ2n) is 9.34. The molecule has 0 atom stereocenters. The average Bonchev–Trinajstić information content (AvgIpc) is 3.60. The summed E-state index contributed by atoms with van der Waals surface area (Å²) >= 11 is 1.68. The predicted octanol–water partition coefficient (Wildman–Crippen LogP) is 7.40. The third-order valence-electron chi connectivity index (χ3n) is 7.08. The van der Waals surface area contributed by atoms with Crippen LogP contribution in [0.25, 0.3) is 44.3 Å². The minimum absolute atomic E-state index is 0.0434. The van der Waals surface area contributed by atoms with Gasteiger partial charge in [0.1, 0.15) is 12.2 Å². The van der Waals surface area contributed by atoms with E-state index in [1.807, 2.05) is 60.7 Å². The van der Waals surface area contributed by atoms with E-state index in [9.17, 15) is 9.59 Å². The number of fused-ring (bicyclic) bond motifs is 5. The van der Waals surface area contributed by atoms with Gasteiger partial charge in [-0.2, -0.15) is 0 Å². The van der Waals surface area contributed by atoms with Gasteiger partial charge in [0.05, 0.1) is 16.8 Å². The molecule has 38 heavy (non-hydrogen) atoms. The Morgan fingerprint density at radius 1 is 0.974 bits per heavy atom. The van der Waals surface area contributed by atoms with Crippen LogP contribution in [0.15, 0.2) is 93.5 Å². The number of rotatable bonds is 4. The normalized spacial score (nSPS) is 13.9. The van der Waals surface area contributed by atoms with Gasteiger partial charge in [-0.3, -0.25) is 0 Å². The van der Waals surface area contributed by atoms with Crippen molar-refractivity contribution in [3.8, 4) is 0 Å². The van der Waals surface area contributed by atoms with Crippen LogP contribution in [-0.4, -0.2) is 11.0 Å². The maximum Gasteiger partial charge on any atom is 0.339 e. The predicted molar refractivity (Wildman–Crippen MR) is 151 cm³/mol. The Morgan fingerprint density at radius 2 is 1.82 bits per heavy atom. The van der Waals surface area contributed by atoms with E-state index >= 15 is 0 Å². The number of aromatic nitrogens is 1. The molecule has 5 nitrogen and oxygen atoms in total. The van der Waals surface area contributed by atoms with Crippen molar-refractivity contribution in [3.05, 3.63) is 122 Å². The lowest BCUT2D eigenvalue weighted by atomic mass is 10.0. The summed E-state index contributed by atoms with van der Waals surface area (Å²) in [6, 6.07) is 24.8. The summed E-state index contributed by atoms with van der Waals surface area (Å²) < 4.78 is 11.4. The van der Waals surface area contributed by atoms with Gasteiger partial charge in [0, 0.05) is 27.3 Å². The number of para-hydroxylation sites is 1. The second kappa shape index (κ2) is 9.08. The Balaban J connectivity index is 1.31. The maximum absolute atomic E-state index is 13.7. The SMILES string of the molecule is O=C(OCc1cc(=O)oc2ccc3ccccc3c12)c1c2c(nc3ccccc13)/C(=C/c1cccs1)CC2. The molecule has 0 saturated carbocycles. The number of benzene rings is 3. The highest BCUT2D eigenvalue weighted by Gasteiger charge is 2.28. The highest BCUT2D eigenvalue weighted by atomic mass is 32.1. The van der Waals surface area contributed by atoms with Crippen molar-refractivity contribution in [1.29, 1.82) is 0 Å². The maximum atomic E-state index is 13.7. The molecule has 3 heterocycles. The lowest BCUT2D eigenvalue weighted by Gasteiger charge is -2.13. The quantitative estimate of drug-likeness (QED) is 0.139. The Morgan fingerprint density at radius 3 is 2.68 bits per heavy atom. The van der Waals surface area contributed by atoms with Crippen molar-refractivity contribution in [1.82, 2.24) is 4.98 Å². The van der Waals surface area contributed by atoms with Crippen LogP contribution in [0.4, 0.5) is 0 Å². The highest BCUT2D eigenvalue weighted by molar-refractivity contribution is 7.10. The first-order valence-electron chi connectivity index (χ1n) is 12.4. The third-order valence-corrected chi connectivity index (χ3v) is 7.90. The Hall–Kier alpha value is -4.55. The van der Waals surface area contributed by atoms with Crippen LogP contribution in [0.1, 0.15) is 38.5 Å². The molecular formula is C32H21NO4S. The standard InChI is InChI=1S/C32H21NO4S/c34-28-17-21(29-23-8-2-1-6-19(23)12-14-27(29)37-28)18-36-32(35)30-24-9-3-4-10-26(24)33-31-20(11-13-25(30)31)16-22-7-5-15-38-22/h1-10,12,14-17H,11,13,18H2/b20-16+. The zero-order valence-electron chi connectivity index (χ0n) is 20.3. The molecule has 0 saturated heterocycles. The van der Waals surface area contributed by atoms with Gasteiger partial charge in [-0.05, 0) is 64.4 Å². The van der Waals surface area contributed by atoms with Crippen LogP contribution in [0.3, 0.4) is 0 Å². The number of pyridine rings is 1. The van der Waals surface area contributed by atoms with Gasteiger partial charge in [0.2, 0.25) is 0 Å². The molecule has 0 aliphatic heterocycles. The number of hydrogen-bond donors (Lipinski definition) is 0. The molecule has 0 bridgehead atoms. The van der Waals surface area contributed by atoms with Crippen molar-refractivity contribution >= 4 is 61.6 Å². The van der Waals surface area contributed by atoms with Gasteiger partial charge < -0.3 is 9.15 Å². The molecule has 184 valence electrons. The van der Waals surface area contributed by atoms with Crippen LogP contribution >= 0.6 is 11.3 Å². The fraction of sp³-hybridized carbons (Fsp3) is 0.0938. The van der Waals surface area contributed by atoms with Crippen LogP contribution in [-0.2, 0) is 17.8 Å². The van der Waals surface area contributed by atoms with E-state index in [0.717, 1.165) is 61.6 Å². The smallest absolute Gasteiger partial charge is 0.339 e. The Kier molecular flexibility index (Phi) is 5.41. The van der Waals surface area contributed by atoms with Crippen LogP contribution in [0, 0.1) is 0 Å². The van der Waals surface area contributed by atoms with Gasteiger partial charge in [0.25, 0.3) is 0 Å². The fourth-order valence-corrected chi connectivity index (χ4v) is 6.09. The molecule has 1 aliphatic rings. The minimum atomic E-state index is -0.475. The van der Waals surface area contributed by atoms with E-state index in [-0.39, 0.29) is 6.61 Å². The molecule has 1 aliphatic carbocycles. The van der Waals surface area contributed by atoms with Crippen LogP contribution in [0.5, 0.6) is 0 Å². The largest absolute Gasteiger partial charge is 0.457 e. The van der Waals surface area contributed by atoms with Crippen molar-refractivity contribution in [2.45, 2.75) is 19.4 Å². The lowest BCUT2D eigenvalue weighted by molar-refractivity contribution is 0.0475. The molecule has 0 unspecified atom stereocenters. The molecule has 3 aromatic carbocycles. The van der Waals surface area contributed by atoms with E-state index in [1.54, 1.807) is 17.4 Å². The average molecular weight is 516 g/mol. The zero-order valence-corrected chi connectivity index (χ0v) is 21.1. The van der Waals surface area contributed by atoms with E-state index in [2.05, 4.69) is 17.5 Å². The van der Waals surface area contributed by atoms with Gasteiger partial charge in [0.15, 0.2) is 0 Å². The number of thiophene rings is 1. The number of carbonyl (C=O) groups is 1. The summed E-state index contributed by atoms with van der Waals surface area (Å²) in [4.78, 5) is 32.2. The summed E-state index contributed by atoms with van der Waals surface area (Å²) in [7, 11) is 0. The van der Waals surface area contributed by atoms with Crippen LogP contribution < -0.4 is 5.63 Å². The zero-order chi connectivity index (χ0) is 25.6. The van der Waals surface area contributed by atoms with Crippen LogP contribution in [0.2, 0.25) is 0 Å². The Labute approximate surface area is 221 Å². The molecule has 0 amide bonds. The summed E-state index contributed by atoms with van der Waals surface area (Å²) in [6.07, 6.45) is 3.69. The second-order valence-corrected chi connectivity index (χ2v) is 10.3. The number of allylic oxidation sites excluding steroid dienone is 1.